The van der Waals surface area contributed by atoms with E-state index in [1.165, 1.54) is 18.2 Å². The van der Waals surface area contributed by atoms with Crippen LogP contribution in [0, 0.1) is 16.7 Å². The van der Waals surface area contributed by atoms with Crippen LogP contribution in [0.15, 0.2) is 29.4 Å². The first-order valence-corrected chi connectivity index (χ1v) is 5.16. The lowest BCUT2D eigenvalue weighted by Gasteiger charge is -2.05. The Hall–Kier alpha value is -3.41. The van der Waals surface area contributed by atoms with E-state index in [2.05, 4.69) is 15.8 Å². The predicted octanol–water partition coefficient (Wildman–Crippen LogP) is -0.0629. The van der Waals surface area contributed by atoms with Crippen molar-refractivity contribution in [1.29, 1.82) is 10.7 Å². The van der Waals surface area contributed by atoms with Gasteiger partial charge >= 0.3 is 11.9 Å². The third-order valence-corrected chi connectivity index (χ3v) is 1.97. The SMILES string of the molecule is N#C/C(=N\Nc1cccc(NC(=O)C(=O)O)c1)C(=N)N. The molecule has 0 aromatic heterocycles. The molecule has 0 saturated carbocycles. The Kier molecular flexibility index (Phi) is 4.76. The zero-order chi connectivity index (χ0) is 15.1. The van der Waals surface area contributed by atoms with Gasteiger partial charge in [0.15, 0.2) is 5.84 Å². The standard InChI is InChI=1S/C11H10N6O3/c12-5-8(9(13)14)17-16-7-3-1-2-6(4-7)15-10(18)11(19)20/h1-4,16H,(H3,13,14)(H,15,18)(H,19,20)/b17-8+. The van der Waals surface area contributed by atoms with Gasteiger partial charge in [-0.15, -0.1) is 0 Å². The van der Waals surface area contributed by atoms with Crippen LogP contribution in [0.4, 0.5) is 11.4 Å². The van der Waals surface area contributed by atoms with Crippen LogP contribution in [0.25, 0.3) is 0 Å². The third-order valence-electron chi connectivity index (χ3n) is 1.97. The van der Waals surface area contributed by atoms with Gasteiger partial charge in [0.2, 0.25) is 5.71 Å². The molecule has 1 amide bonds. The minimum atomic E-state index is -1.61. The van der Waals surface area contributed by atoms with Gasteiger partial charge in [-0.25, -0.2) is 4.79 Å². The molecule has 0 aliphatic carbocycles. The highest BCUT2D eigenvalue weighted by Crippen LogP contribution is 2.15. The number of nitrogens with two attached hydrogens (primary N) is 1. The zero-order valence-corrected chi connectivity index (χ0v) is 10.0. The summed E-state index contributed by atoms with van der Waals surface area (Å²) in [6.45, 7) is 0. The minimum Gasteiger partial charge on any atom is -0.474 e. The maximum Gasteiger partial charge on any atom is 0.394 e. The van der Waals surface area contributed by atoms with Crippen LogP contribution in [0.3, 0.4) is 0 Å². The molecular formula is C11H10N6O3. The second-order valence-electron chi connectivity index (χ2n) is 3.44. The number of amidine groups is 1. The molecule has 9 heteroatoms. The molecule has 9 nitrogen and oxygen atoms in total. The zero-order valence-electron chi connectivity index (χ0n) is 10.0. The molecular weight excluding hydrogens is 264 g/mol. The fourth-order valence-electron chi connectivity index (χ4n) is 1.12. The Morgan fingerprint density at radius 2 is 2.05 bits per heavy atom. The molecule has 20 heavy (non-hydrogen) atoms. The van der Waals surface area contributed by atoms with E-state index in [-0.39, 0.29) is 11.4 Å². The molecule has 1 rings (SSSR count). The molecule has 102 valence electrons. The van der Waals surface area contributed by atoms with Crippen LogP contribution in [0.2, 0.25) is 0 Å². The van der Waals surface area contributed by atoms with E-state index in [0.717, 1.165) is 0 Å². The summed E-state index contributed by atoms with van der Waals surface area (Å²) in [5.41, 5.74) is 7.89. The number of benzene rings is 1. The molecule has 0 unspecified atom stereocenters. The lowest BCUT2D eigenvalue weighted by atomic mass is 10.3. The first-order chi connectivity index (χ1) is 9.43. The molecule has 0 aliphatic rings. The maximum absolute atomic E-state index is 11.0. The van der Waals surface area contributed by atoms with Crippen molar-refractivity contribution in [2.45, 2.75) is 0 Å². The highest BCUT2D eigenvalue weighted by Gasteiger charge is 2.11. The second kappa shape index (κ2) is 6.50. The van der Waals surface area contributed by atoms with E-state index in [4.69, 9.17) is 21.5 Å². The number of hydrogen-bond donors (Lipinski definition) is 5. The highest BCUT2D eigenvalue weighted by atomic mass is 16.4. The number of hydrazone groups is 1. The molecule has 0 bridgehead atoms. The van der Waals surface area contributed by atoms with E-state index in [1.807, 2.05) is 0 Å². The van der Waals surface area contributed by atoms with Crippen LogP contribution >= 0.6 is 0 Å². The first kappa shape index (κ1) is 14.7. The number of carbonyl (C=O) groups excluding carboxylic acids is 1. The van der Waals surface area contributed by atoms with Crippen molar-refractivity contribution in [2.24, 2.45) is 10.8 Å². The van der Waals surface area contributed by atoms with Gasteiger partial charge in [0.25, 0.3) is 0 Å². The number of carbonyl (C=O) groups is 2. The van der Waals surface area contributed by atoms with Crippen molar-refractivity contribution in [3.63, 3.8) is 0 Å². The third kappa shape index (κ3) is 4.11. The van der Waals surface area contributed by atoms with Crippen LogP contribution in [0.5, 0.6) is 0 Å². The van der Waals surface area contributed by atoms with Crippen LogP contribution in [-0.2, 0) is 9.59 Å². The van der Waals surface area contributed by atoms with Gasteiger partial charge in [0.1, 0.15) is 6.07 Å². The Morgan fingerprint density at radius 1 is 1.40 bits per heavy atom. The number of amides is 1. The molecule has 0 saturated heterocycles. The molecule has 0 atom stereocenters. The fourth-order valence-corrected chi connectivity index (χ4v) is 1.12. The Bertz CT molecular complexity index is 631. The summed E-state index contributed by atoms with van der Waals surface area (Å²) in [7, 11) is 0. The number of carboxylic acid groups (broad SMARTS) is 1. The number of rotatable bonds is 4. The number of nitrogens with zero attached hydrogens (tertiary/aromatic N) is 2. The van der Waals surface area contributed by atoms with Crippen molar-refractivity contribution in [1.82, 2.24) is 0 Å². The maximum atomic E-state index is 11.0. The molecule has 0 spiro atoms. The first-order valence-electron chi connectivity index (χ1n) is 5.16. The van der Waals surface area contributed by atoms with E-state index in [0.29, 0.717) is 5.69 Å². The molecule has 1 aromatic rings. The normalized spacial score (nSPS) is 10.2. The summed E-state index contributed by atoms with van der Waals surface area (Å²) in [5.74, 6) is -3.27. The van der Waals surface area contributed by atoms with Crippen molar-refractivity contribution in [3.8, 4) is 6.07 Å². The second-order valence-corrected chi connectivity index (χ2v) is 3.44. The molecule has 1 aromatic carbocycles. The van der Waals surface area contributed by atoms with Gasteiger partial charge in [0.05, 0.1) is 5.69 Å². The van der Waals surface area contributed by atoms with E-state index in [9.17, 15) is 9.59 Å². The predicted molar refractivity (Wildman–Crippen MR) is 71.3 cm³/mol. The summed E-state index contributed by atoms with van der Waals surface area (Å²) < 4.78 is 0. The number of nitrogens with one attached hydrogen (secondary N) is 3. The van der Waals surface area contributed by atoms with Gasteiger partial charge in [-0.05, 0) is 18.2 Å². The van der Waals surface area contributed by atoms with Crippen molar-refractivity contribution in [3.05, 3.63) is 24.3 Å². The monoisotopic (exact) mass is 274 g/mol. The summed E-state index contributed by atoms with van der Waals surface area (Å²) >= 11 is 0. The van der Waals surface area contributed by atoms with Gasteiger partial charge in [-0.1, -0.05) is 6.07 Å². The molecule has 0 radical (unpaired) electrons. The molecule has 6 N–H and O–H groups in total. The quantitative estimate of drug-likeness (QED) is 0.223. The largest absolute Gasteiger partial charge is 0.474 e. The van der Waals surface area contributed by atoms with Crippen molar-refractivity contribution in [2.75, 3.05) is 10.7 Å². The Balaban J connectivity index is 2.84. The number of carboxylic acids is 1. The Labute approximate surface area is 113 Å². The van der Waals surface area contributed by atoms with Crippen LogP contribution in [0.1, 0.15) is 0 Å². The topological polar surface area (TPSA) is 164 Å². The highest BCUT2D eigenvalue weighted by molar-refractivity contribution is 6.45. The van der Waals surface area contributed by atoms with Crippen molar-refractivity contribution >= 4 is 34.8 Å². The molecule has 0 aliphatic heterocycles. The van der Waals surface area contributed by atoms with Crippen LogP contribution in [-0.4, -0.2) is 28.5 Å². The van der Waals surface area contributed by atoms with Gasteiger partial charge < -0.3 is 16.2 Å². The number of hydrogen-bond acceptors (Lipinski definition) is 6. The van der Waals surface area contributed by atoms with Crippen LogP contribution < -0.4 is 16.5 Å². The van der Waals surface area contributed by atoms with Gasteiger partial charge in [-0.2, -0.15) is 10.4 Å². The number of nitriles is 1. The molecule has 0 fully saturated rings. The summed E-state index contributed by atoms with van der Waals surface area (Å²) in [6, 6.07) is 7.61. The minimum absolute atomic E-state index is 0.235. The summed E-state index contributed by atoms with van der Waals surface area (Å²) in [5, 5.41) is 29.9. The number of anilines is 2. The average molecular weight is 274 g/mol. The summed E-state index contributed by atoms with van der Waals surface area (Å²) in [6.07, 6.45) is 0. The van der Waals surface area contributed by atoms with E-state index in [1.54, 1.807) is 12.1 Å². The lowest BCUT2D eigenvalue weighted by Crippen LogP contribution is -2.22. The van der Waals surface area contributed by atoms with Gasteiger partial charge in [0, 0.05) is 5.69 Å². The van der Waals surface area contributed by atoms with Gasteiger partial charge in [-0.3, -0.25) is 15.6 Å². The average Bonchev–Trinajstić information content (AvgIpc) is 2.39. The van der Waals surface area contributed by atoms with Crippen molar-refractivity contribution < 1.29 is 14.7 Å². The van der Waals surface area contributed by atoms with E-state index < -0.39 is 17.7 Å². The Morgan fingerprint density at radius 3 is 2.60 bits per heavy atom. The fraction of sp³-hybridized carbons (Fsp3) is 0. The lowest BCUT2D eigenvalue weighted by molar-refractivity contribution is -0.147. The smallest absolute Gasteiger partial charge is 0.394 e. The summed E-state index contributed by atoms with van der Waals surface area (Å²) in [4.78, 5) is 21.4. The molecule has 0 heterocycles. The van der Waals surface area contributed by atoms with E-state index >= 15 is 0 Å². The number of aliphatic carboxylic acids is 1.